The lowest BCUT2D eigenvalue weighted by Crippen LogP contribution is -2.53. The second kappa shape index (κ2) is 11.3. The standard InChI is InChI=1S/C32H39N5O3/c1-23-10-12-24(13-11-23)36-30(22-29(35-36)32(2,3)4)34-31(38)33-27-14-15-28(26-9-7-6-8-25(26)27)40-21-18-37(5)16-19-39-20-17-37/h6-15,22H,16-21H2,1-5H3,(H-,33,34,35,38)/p+1. The fourth-order valence-corrected chi connectivity index (χ4v) is 4.88. The van der Waals surface area contributed by atoms with E-state index in [1.54, 1.807) is 4.68 Å². The summed E-state index contributed by atoms with van der Waals surface area (Å²) >= 11 is 0. The van der Waals surface area contributed by atoms with Crippen LogP contribution in [-0.4, -0.2) is 66.8 Å². The molecule has 0 radical (unpaired) electrons. The lowest BCUT2D eigenvalue weighted by molar-refractivity contribution is -0.916. The van der Waals surface area contributed by atoms with Crippen LogP contribution in [0.3, 0.4) is 0 Å². The highest BCUT2D eigenvalue weighted by atomic mass is 16.5. The number of hydrogen-bond acceptors (Lipinski definition) is 4. The Morgan fingerprint density at radius 2 is 1.70 bits per heavy atom. The van der Waals surface area contributed by atoms with E-state index < -0.39 is 0 Å². The molecule has 2 N–H and O–H groups in total. The van der Waals surface area contributed by atoms with Crippen molar-refractivity contribution in [3.8, 4) is 11.4 Å². The monoisotopic (exact) mass is 542 g/mol. The molecule has 0 saturated carbocycles. The van der Waals surface area contributed by atoms with Crippen molar-refractivity contribution in [2.75, 3.05) is 57.1 Å². The third-order valence-electron chi connectivity index (χ3n) is 7.57. The van der Waals surface area contributed by atoms with Gasteiger partial charge in [0.15, 0.2) is 0 Å². The maximum atomic E-state index is 13.3. The van der Waals surface area contributed by atoms with E-state index in [2.05, 4.69) is 38.5 Å². The number of carbonyl (C=O) groups is 1. The Morgan fingerprint density at radius 3 is 2.40 bits per heavy atom. The van der Waals surface area contributed by atoms with E-state index >= 15 is 0 Å². The molecular weight excluding hydrogens is 502 g/mol. The summed E-state index contributed by atoms with van der Waals surface area (Å²) in [6.07, 6.45) is 0. The first-order valence-electron chi connectivity index (χ1n) is 13.9. The molecule has 3 aromatic carbocycles. The minimum Gasteiger partial charge on any atom is -0.487 e. The maximum Gasteiger partial charge on any atom is 0.324 e. The van der Waals surface area contributed by atoms with Crippen molar-refractivity contribution in [3.63, 3.8) is 0 Å². The van der Waals surface area contributed by atoms with Crippen LogP contribution in [-0.2, 0) is 10.2 Å². The normalized spacial score (nSPS) is 15.1. The van der Waals surface area contributed by atoms with Crippen molar-refractivity contribution in [1.29, 1.82) is 0 Å². The van der Waals surface area contributed by atoms with E-state index in [4.69, 9.17) is 14.6 Å². The van der Waals surface area contributed by atoms with E-state index in [0.29, 0.717) is 18.1 Å². The van der Waals surface area contributed by atoms with Crippen LogP contribution in [0, 0.1) is 6.92 Å². The van der Waals surface area contributed by atoms with Crippen molar-refractivity contribution in [2.45, 2.75) is 33.1 Å². The lowest BCUT2D eigenvalue weighted by atomic mass is 9.92. The van der Waals surface area contributed by atoms with Gasteiger partial charge in [-0.1, -0.05) is 62.7 Å². The Morgan fingerprint density at radius 1 is 1.00 bits per heavy atom. The average molecular weight is 543 g/mol. The zero-order chi connectivity index (χ0) is 28.3. The van der Waals surface area contributed by atoms with E-state index in [1.165, 1.54) is 0 Å². The van der Waals surface area contributed by atoms with Gasteiger partial charge < -0.3 is 19.3 Å². The second-order valence-corrected chi connectivity index (χ2v) is 11.9. The van der Waals surface area contributed by atoms with Gasteiger partial charge in [0.05, 0.1) is 37.3 Å². The first-order valence-corrected chi connectivity index (χ1v) is 13.9. The quantitative estimate of drug-likeness (QED) is 0.276. The van der Waals surface area contributed by atoms with Gasteiger partial charge in [0.1, 0.15) is 37.8 Å². The molecule has 8 nitrogen and oxygen atoms in total. The van der Waals surface area contributed by atoms with Crippen LogP contribution in [0.15, 0.2) is 66.7 Å². The van der Waals surface area contributed by atoms with Gasteiger partial charge in [-0.3, -0.25) is 5.32 Å². The molecule has 8 heteroatoms. The molecule has 0 aliphatic carbocycles. The number of nitrogens with zero attached hydrogens (tertiary/aromatic N) is 3. The van der Waals surface area contributed by atoms with Crippen molar-refractivity contribution in [1.82, 2.24) is 9.78 Å². The number of benzene rings is 3. The number of aromatic nitrogens is 2. The van der Waals surface area contributed by atoms with Crippen LogP contribution in [0.4, 0.5) is 16.3 Å². The summed E-state index contributed by atoms with van der Waals surface area (Å²) in [7, 11) is 2.25. The molecule has 40 heavy (non-hydrogen) atoms. The van der Waals surface area contributed by atoms with E-state index in [1.807, 2.05) is 73.7 Å². The summed E-state index contributed by atoms with van der Waals surface area (Å²) in [4.78, 5) is 13.3. The Labute approximate surface area is 236 Å². The molecule has 4 aromatic rings. The van der Waals surface area contributed by atoms with E-state index in [9.17, 15) is 4.79 Å². The zero-order valence-electron chi connectivity index (χ0n) is 24.2. The maximum absolute atomic E-state index is 13.3. The number of quaternary nitrogens is 1. The molecule has 2 amide bonds. The first-order chi connectivity index (χ1) is 19.1. The van der Waals surface area contributed by atoms with Crippen LogP contribution < -0.4 is 15.4 Å². The molecule has 1 aliphatic heterocycles. The number of likely N-dealkylation sites (N-methyl/N-ethyl adjacent to an activating group) is 1. The van der Waals surface area contributed by atoms with Gasteiger partial charge in [-0.15, -0.1) is 0 Å². The number of anilines is 2. The lowest BCUT2D eigenvalue weighted by Gasteiger charge is -2.37. The minimum absolute atomic E-state index is 0.171. The van der Waals surface area contributed by atoms with Gasteiger partial charge in [-0.2, -0.15) is 5.10 Å². The predicted octanol–water partition coefficient (Wildman–Crippen LogP) is 6.13. The van der Waals surface area contributed by atoms with Gasteiger partial charge in [0.2, 0.25) is 0 Å². The van der Waals surface area contributed by atoms with Crippen molar-refractivity contribution in [3.05, 3.63) is 78.0 Å². The Bertz CT molecular complexity index is 1480. The fourth-order valence-electron chi connectivity index (χ4n) is 4.88. The number of urea groups is 1. The number of amides is 2. The largest absolute Gasteiger partial charge is 0.487 e. The number of aryl methyl sites for hydroxylation is 1. The van der Waals surface area contributed by atoms with Crippen LogP contribution in [0.25, 0.3) is 16.5 Å². The SMILES string of the molecule is Cc1ccc(-n2nc(C(C)(C)C)cc2NC(=O)Nc2ccc(OCC[N+]3(C)CCOCC3)c3ccccc23)cc1. The number of rotatable bonds is 7. The van der Waals surface area contributed by atoms with Crippen LogP contribution >= 0.6 is 0 Å². The summed E-state index contributed by atoms with van der Waals surface area (Å²) in [6, 6.07) is 21.5. The van der Waals surface area contributed by atoms with Gasteiger partial charge in [-0.25, -0.2) is 9.48 Å². The van der Waals surface area contributed by atoms with Crippen LogP contribution in [0.1, 0.15) is 32.0 Å². The Balaban J connectivity index is 1.34. The highest BCUT2D eigenvalue weighted by molar-refractivity contribution is 6.07. The molecule has 5 rings (SSSR count). The molecule has 210 valence electrons. The molecule has 0 spiro atoms. The summed E-state index contributed by atoms with van der Waals surface area (Å²) in [5, 5.41) is 12.8. The molecule has 0 unspecified atom stereocenters. The molecule has 1 aromatic heterocycles. The van der Waals surface area contributed by atoms with Crippen molar-refractivity contribution >= 4 is 28.3 Å². The molecule has 1 fully saturated rings. The number of hydrogen-bond donors (Lipinski definition) is 2. The van der Waals surface area contributed by atoms with Crippen LogP contribution in [0.5, 0.6) is 5.75 Å². The van der Waals surface area contributed by atoms with E-state index in [-0.39, 0.29) is 11.4 Å². The van der Waals surface area contributed by atoms with Gasteiger partial charge in [-0.05, 0) is 31.2 Å². The number of ether oxygens (including phenoxy) is 2. The first kappa shape index (κ1) is 27.7. The molecule has 0 bridgehead atoms. The van der Waals surface area contributed by atoms with Crippen molar-refractivity contribution in [2.24, 2.45) is 0 Å². The van der Waals surface area contributed by atoms with E-state index in [0.717, 1.165) is 70.8 Å². The van der Waals surface area contributed by atoms with Crippen molar-refractivity contribution < 1.29 is 18.8 Å². The second-order valence-electron chi connectivity index (χ2n) is 11.9. The third-order valence-corrected chi connectivity index (χ3v) is 7.57. The van der Waals surface area contributed by atoms with Crippen LogP contribution in [0.2, 0.25) is 0 Å². The summed E-state index contributed by atoms with van der Waals surface area (Å²) in [5.41, 5.74) is 3.48. The summed E-state index contributed by atoms with van der Waals surface area (Å²) < 4.78 is 14.5. The minimum atomic E-state index is -0.336. The molecule has 1 aliphatic rings. The number of fused-ring (bicyclic) bond motifs is 1. The zero-order valence-corrected chi connectivity index (χ0v) is 24.2. The smallest absolute Gasteiger partial charge is 0.324 e. The summed E-state index contributed by atoms with van der Waals surface area (Å²) in [5.74, 6) is 1.42. The highest BCUT2D eigenvalue weighted by Gasteiger charge is 2.25. The average Bonchev–Trinajstić information content (AvgIpc) is 3.35. The number of nitrogens with one attached hydrogen (secondary N) is 2. The fraction of sp³-hybridized carbons (Fsp3) is 0.375. The predicted molar refractivity (Wildman–Crippen MR) is 161 cm³/mol. The Kier molecular flexibility index (Phi) is 7.83. The molecule has 2 heterocycles. The molecule has 0 atom stereocenters. The van der Waals surface area contributed by atoms with Gasteiger partial charge >= 0.3 is 6.03 Å². The highest BCUT2D eigenvalue weighted by Crippen LogP contribution is 2.32. The number of morpholine rings is 1. The van der Waals surface area contributed by atoms with Gasteiger partial charge in [0, 0.05) is 22.3 Å². The number of carbonyl (C=O) groups excluding carboxylic acids is 1. The third kappa shape index (κ3) is 6.29. The Hall–Kier alpha value is -3.88. The van der Waals surface area contributed by atoms with Gasteiger partial charge in [0.25, 0.3) is 0 Å². The molecular formula is C32H40N5O3+. The molecule has 1 saturated heterocycles. The summed E-state index contributed by atoms with van der Waals surface area (Å²) in [6.45, 7) is 13.5. The topological polar surface area (TPSA) is 77.4 Å².